The summed E-state index contributed by atoms with van der Waals surface area (Å²) < 4.78 is 5.83. The molecule has 0 radical (unpaired) electrons. The fourth-order valence-corrected chi connectivity index (χ4v) is 3.05. The summed E-state index contributed by atoms with van der Waals surface area (Å²) in [7, 11) is 0. The van der Waals surface area contributed by atoms with E-state index < -0.39 is 0 Å². The molecular weight excluding hydrogens is 238 g/mol. The summed E-state index contributed by atoms with van der Waals surface area (Å²) in [5, 5.41) is 10.1. The van der Waals surface area contributed by atoms with Crippen molar-refractivity contribution in [1.82, 2.24) is 0 Å². The molecular formula is C16H26NO2+. The first-order valence-corrected chi connectivity index (χ1v) is 7.28. The van der Waals surface area contributed by atoms with Gasteiger partial charge in [0.25, 0.3) is 0 Å². The quantitative estimate of drug-likeness (QED) is 0.833. The molecule has 0 saturated carbocycles. The maximum atomic E-state index is 10.1. The summed E-state index contributed by atoms with van der Waals surface area (Å²) in [6.45, 7) is 9.81. The smallest absolute Gasteiger partial charge is 0.137 e. The molecule has 19 heavy (non-hydrogen) atoms. The second-order valence-corrected chi connectivity index (χ2v) is 5.85. The van der Waals surface area contributed by atoms with Gasteiger partial charge in [0.1, 0.15) is 25.0 Å². The van der Waals surface area contributed by atoms with Crippen LogP contribution in [0.2, 0.25) is 0 Å². The zero-order valence-electron chi connectivity index (χ0n) is 12.3. The van der Waals surface area contributed by atoms with Gasteiger partial charge in [-0.15, -0.1) is 0 Å². The number of rotatable bonds is 5. The number of ether oxygens (including phenoxy) is 1. The molecule has 1 aromatic rings. The van der Waals surface area contributed by atoms with Crippen molar-refractivity contribution in [1.29, 1.82) is 0 Å². The van der Waals surface area contributed by atoms with Crippen LogP contribution in [0.15, 0.2) is 12.1 Å². The Morgan fingerprint density at radius 3 is 2.32 bits per heavy atom. The first-order valence-electron chi connectivity index (χ1n) is 7.28. The van der Waals surface area contributed by atoms with E-state index in [1.165, 1.54) is 36.4 Å². The fourth-order valence-electron chi connectivity index (χ4n) is 3.05. The fraction of sp³-hybridized carbons (Fsp3) is 0.625. The lowest BCUT2D eigenvalue weighted by atomic mass is 10.1. The molecule has 0 aliphatic carbocycles. The van der Waals surface area contributed by atoms with Gasteiger partial charge in [0.05, 0.1) is 13.1 Å². The summed E-state index contributed by atoms with van der Waals surface area (Å²) in [6.07, 6.45) is 2.21. The molecule has 0 aromatic heterocycles. The number of aryl methyl sites for hydroxylation is 3. The Morgan fingerprint density at radius 2 is 1.74 bits per heavy atom. The van der Waals surface area contributed by atoms with E-state index in [0.717, 1.165) is 23.4 Å². The minimum absolute atomic E-state index is 0.367. The molecule has 1 heterocycles. The third-order valence-electron chi connectivity index (χ3n) is 3.86. The number of hydrogen-bond acceptors (Lipinski definition) is 2. The number of nitrogens with one attached hydrogen (secondary N) is 1. The van der Waals surface area contributed by atoms with Crippen LogP contribution in [-0.4, -0.2) is 37.5 Å². The van der Waals surface area contributed by atoms with Crippen molar-refractivity contribution in [2.75, 3.05) is 26.2 Å². The van der Waals surface area contributed by atoms with Crippen LogP contribution in [0.25, 0.3) is 0 Å². The average molecular weight is 264 g/mol. The lowest BCUT2D eigenvalue weighted by Crippen LogP contribution is -3.11. The molecule has 1 aliphatic rings. The van der Waals surface area contributed by atoms with Crippen LogP contribution in [0.1, 0.15) is 29.5 Å². The number of aliphatic hydroxyl groups is 1. The molecule has 1 aliphatic heterocycles. The molecule has 1 unspecified atom stereocenters. The number of benzene rings is 1. The maximum Gasteiger partial charge on any atom is 0.137 e. The van der Waals surface area contributed by atoms with E-state index in [4.69, 9.17) is 4.74 Å². The summed E-state index contributed by atoms with van der Waals surface area (Å²) >= 11 is 0. The Morgan fingerprint density at radius 1 is 1.16 bits per heavy atom. The largest absolute Gasteiger partial charge is 0.490 e. The first-order chi connectivity index (χ1) is 9.06. The van der Waals surface area contributed by atoms with Crippen LogP contribution in [0, 0.1) is 20.8 Å². The van der Waals surface area contributed by atoms with Crippen LogP contribution in [0.4, 0.5) is 0 Å². The van der Waals surface area contributed by atoms with Crippen molar-refractivity contribution >= 4 is 0 Å². The summed E-state index contributed by atoms with van der Waals surface area (Å²) in [5.41, 5.74) is 3.56. The van der Waals surface area contributed by atoms with E-state index in [9.17, 15) is 5.11 Å². The van der Waals surface area contributed by atoms with Crippen LogP contribution >= 0.6 is 0 Å². The molecule has 1 atom stereocenters. The van der Waals surface area contributed by atoms with Gasteiger partial charge in [-0.3, -0.25) is 0 Å². The molecule has 106 valence electrons. The Balaban J connectivity index is 1.87. The second-order valence-electron chi connectivity index (χ2n) is 5.85. The SMILES string of the molecule is Cc1cc(C)c(OCC(O)C[NH+]2CCCC2)c(C)c1. The van der Waals surface area contributed by atoms with Crippen LogP contribution in [0.5, 0.6) is 5.75 Å². The Labute approximate surface area is 116 Å². The first kappa shape index (κ1) is 14.4. The molecule has 0 spiro atoms. The lowest BCUT2D eigenvalue weighted by Gasteiger charge is -2.19. The molecule has 1 aromatic carbocycles. The van der Waals surface area contributed by atoms with Crippen molar-refractivity contribution in [2.45, 2.75) is 39.7 Å². The second kappa shape index (κ2) is 6.40. The normalized spacial score (nSPS) is 17.7. The number of quaternary nitrogens is 1. The van der Waals surface area contributed by atoms with Gasteiger partial charge in [-0.1, -0.05) is 17.7 Å². The average Bonchev–Trinajstić information content (AvgIpc) is 2.80. The lowest BCUT2D eigenvalue weighted by molar-refractivity contribution is -0.890. The minimum Gasteiger partial charge on any atom is -0.490 e. The highest BCUT2D eigenvalue weighted by Crippen LogP contribution is 2.24. The zero-order chi connectivity index (χ0) is 13.8. The Hall–Kier alpha value is -1.06. The van der Waals surface area contributed by atoms with Crippen molar-refractivity contribution in [3.05, 3.63) is 28.8 Å². The van der Waals surface area contributed by atoms with E-state index in [0.29, 0.717) is 6.61 Å². The molecule has 2 rings (SSSR count). The molecule has 2 N–H and O–H groups in total. The molecule has 0 amide bonds. The third-order valence-corrected chi connectivity index (χ3v) is 3.86. The topological polar surface area (TPSA) is 33.9 Å². The van der Waals surface area contributed by atoms with Crippen molar-refractivity contribution in [3.63, 3.8) is 0 Å². The number of likely N-dealkylation sites (tertiary alicyclic amines) is 1. The van der Waals surface area contributed by atoms with E-state index in [-0.39, 0.29) is 6.10 Å². The predicted octanol–water partition coefficient (Wildman–Crippen LogP) is 1.03. The van der Waals surface area contributed by atoms with E-state index >= 15 is 0 Å². The summed E-state index contributed by atoms with van der Waals surface area (Å²) in [6, 6.07) is 4.25. The zero-order valence-corrected chi connectivity index (χ0v) is 12.3. The van der Waals surface area contributed by atoms with E-state index in [1.807, 2.05) is 0 Å². The van der Waals surface area contributed by atoms with Gasteiger partial charge in [-0.25, -0.2) is 0 Å². The number of hydrogen-bond donors (Lipinski definition) is 2. The van der Waals surface area contributed by atoms with Gasteiger partial charge in [0.2, 0.25) is 0 Å². The molecule has 0 bridgehead atoms. The number of aliphatic hydroxyl groups excluding tert-OH is 1. The highest BCUT2D eigenvalue weighted by molar-refractivity contribution is 5.42. The molecule has 3 heteroatoms. The molecule has 1 fully saturated rings. The monoisotopic (exact) mass is 264 g/mol. The van der Waals surface area contributed by atoms with Gasteiger partial charge < -0.3 is 14.7 Å². The third kappa shape index (κ3) is 3.95. The molecule has 1 saturated heterocycles. The minimum atomic E-state index is -0.367. The Bertz CT molecular complexity index is 402. The molecule has 3 nitrogen and oxygen atoms in total. The summed E-state index contributed by atoms with van der Waals surface area (Å²) in [5.74, 6) is 0.932. The van der Waals surface area contributed by atoms with E-state index in [1.54, 1.807) is 0 Å². The Kier molecular flexibility index (Phi) is 4.83. The van der Waals surface area contributed by atoms with Gasteiger partial charge in [-0.05, 0) is 31.9 Å². The highest BCUT2D eigenvalue weighted by atomic mass is 16.5. The van der Waals surface area contributed by atoms with Crippen molar-refractivity contribution in [3.8, 4) is 5.75 Å². The van der Waals surface area contributed by atoms with Crippen molar-refractivity contribution in [2.24, 2.45) is 0 Å². The maximum absolute atomic E-state index is 10.1. The standard InChI is InChI=1S/C16H25NO2/c1-12-8-13(2)16(14(3)9-12)19-11-15(18)10-17-6-4-5-7-17/h8-9,15,18H,4-7,10-11H2,1-3H3/p+1. The predicted molar refractivity (Wildman–Crippen MR) is 77.0 cm³/mol. The van der Waals surface area contributed by atoms with Gasteiger partial charge >= 0.3 is 0 Å². The van der Waals surface area contributed by atoms with Gasteiger partial charge in [0, 0.05) is 12.8 Å². The summed E-state index contributed by atoms with van der Waals surface area (Å²) in [4.78, 5) is 1.51. The van der Waals surface area contributed by atoms with Crippen LogP contribution in [-0.2, 0) is 0 Å². The van der Waals surface area contributed by atoms with Gasteiger partial charge in [0.15, 0.2) is 0 Å². The van der Waals surface area contributed by atoms with Crippen LogP contribution < -0.4 is 9.64 Å². The van der Waals surface area contributed by atoms with E-state index in [2.05, 4.69) is 32.9 Å². The van der Waals surface area contributed by atoms with Crippen LogP contribution in [0.3, 0.4) is 0 Å². The highest BCUT2D eigenvalue weighted by Gasteiger charge is 2.20. The van der Waals surface area contributed by atoms with Gasteiger partial charge in [-0.2, -0.15) is 0 Å². The van der Waals surface area contributed by atoms with Crippen molar-refractivity contribution < 1.29 is 14.7 Å².